The van der Waals surface area contributed by atoms with Crippen molar-refractivity contribution in [2.75, 3.05) is 7.11 Å². The van der Waals surface area contributed by atoms with E-state index in [2.05, 4.69) is 11.9 Å². The van der Waals surface area contributed by atoms with Gasteiger partial charge >= 0.3 is 0 Å². The van der Waals surface area contributed by atoms with E-state index in [1.54, 1.807) is 13.3 Å². The average Bonchev–Trinajstić information content (AvgIpc) is 2.16. The number of nitrogens with two attached hydrogens (primary N) is 1. The van der Waals surface area contributed by atoms with E-state index in [1.807, 2.05) is 19.1 Å². The van der Waals surface area contributed by atoms with Crippen molar-refractivity contribution >= 4 is 0 Å². The van der Waals surface area contributed by atoms with Crippen molar-refractivity contribution in [2.24, 2.45) is 5.73 Å². The molecule has 0 fully saturated rings. The number of methoxy groups -OCH3 is 1. The number of hydrogen-bond donors (Lipinski definition) is 1. The molecule has 3 heteroatoms. The lowest BCUT2D eigenvalue weighted by atomic mass is 9.99. The molecule has 13 heavy (non-hydrogen) atoms. The number of rotatable bonds is 3. The molecule has 1 aromatic heterocycles. The van der Waals surface area contributed by atoms with Crippen LogP contribution in [0.4, 0.5) is 0 Å². The van der Waals surface area contributed by atoms with E-state index in [-0.39, 0.29) is 12.0 Å². The third-order valence-corrected chi connectivity index (χ3v) is 2.24. The van der Waals surface area contributed by atoms with E-state index < -0.39 is 0 Å². The quantitative estimate of drug-likeness (QED) is 0.767. The van der Waals surface area contributed by atoms with Crippen LogP contribution < -0.4 is 10.5 Å². The van der Waals surface area contributed by atoms with Gasteiger partial charge in [-0.05, 0) is 19.1 Å². The molecule has 1 aromatic rings. The van der Waals surface area contributed by atoms with Crippen LogP contribution in [-0.4, -0.2) is 18.1 Å². The van der Waals surface area contributed by atoms with E-state index in [0.717, 1.165) is 11.4 Å². The maximum atomic E-state index is 5.80. The molecule has 0 radical (unpaired) electrons. The Morgan fingerprint density at radius 1 is 1.46 bits per heavy atom. The molecule has 3 nitrogen and oxygen atoms in total. The lowest BCUT2D eigenvalue weighted by Gasteiger charge is -2.17. The Morgan fingerprint density at radius 3 is 2.69 bits per heavy atom. The zero-order valence-electron chi connectivity index (χ0n) is 8.32. The molecule has 0 saturated heterocycles. The largest absolute Gasteiger partial charge is 0.495 e. The SMILES string of the molecule is COc1cccnc1C(C)C(C)N. The van der Waals surface area contributed by atoms with Gasteiger partial charge in [0.25, 0.3) is 0 Å². The zero-order valence-corrected chi connectivity index (χ0v) is 8.32. The minimum Gasteiger partial charge on any atom is -0.495 e. The summed E-state index contributed by atoms with van der Waals surface area (Å²) in [6.45, 7) is 4.02. The summed E-state index contributed by atoms with van der Waals surface area (Å²) in [5, 5.41) is 0. The molecule has 0 aliphatic carbocycles. The smallest absolute Gasteiger partial charge is 0.140 e. The summed E-state index contributed by atoms with van der Waals surface area (Å²) < 4.78 is 5.20. The summed E-state index contributed by atoms with van der Waals surface area (Å²) in [6, 6.07) is 3.85. The van der Waals surface area contributed by atoms with E-state index in [1.165, 1.54) is 0 Å². The normalized spacial score (nSPS) is 15.1. The predicted octanol–water partition coefficient (Wildman–Crippen LogP) is 1.54. The zero-order chi connectivity index (χ0) is 9.84. The van der Waals surface area contributed by atoms with Crippen LogP contribution in [0, 0.1) is 0 Å². The Bertz CT molecular complexity index is 273. The highest BCUT2D eigenvalue weighted by molar-refractivity contribution is 5.30. The Morgan fingerprint density at radius 2 is 2.15 bits per heavy atom. The van der Waals surface area contributed by atoms with Gasteiger partial charge in [-0.25, -0.2) is 0 Å². The Hall–Kier alpha value is -1.09. The summed E-state index contributed by atoms with van der Waals surface area (Å²) in [5.74, 6) is 1.03. The maximum absolute atomic E-state index is 5.80. The molecule has 2 N–H and O–H groups in total. The number of ether oxygens (including phenoxy) is 1. The Labute approximate surface area is 78.9 Å². The second-order valence-corrected chi connectivity index (χ2v) is 3.24. The van der Waals surface area contributed by atoms with Crippen molar-refractivity contribution in [2.45, 2.75) is 25.8 Å². The summed E-state index contributed by atoms with van der Waals surface area (Å²) >= 11 is 0. The fourth-order valence-electron chi connectivity index (χ4n) is 1.17. The van der Waals surface area contributed by atoms with Crippen molar-refractivity contribution in [1.82, 2.24) is 4.98 Å². The molecule has 0 bridgehead atoms. The van der Waals surface area contributed by atoms with Gasteiger partial charge in [-0.3, -0.25) is 4.98 Å². The lowest BCUT2D eigenvalue weighted by molar-refractivity contribution is 0.399. The van der Waals surface area contributed by atoms with Gasteiger partial charge in [0.05, 0.1) is 12.8 Å². The average molecular weight is 180 g/mol. The van der Waals surface area contributed by atoms with Gasteiger partial charge in [-0.2, -0.15) is 0 Å². The van der Waals surface area contributed by atoms with Gasteiger partial charge in [-0.15, -0.1) is 0 Å². The Kier molecular flexibility index (Phi) is 3.25. The third-order valence-electron chi connectivity index (χ3n) is 2.24. The van der Waals surface area contributed by atoms with E-state index in [9.17, 15) is 0 Å². The number of hydrogen-bond acceptors (Lipinski definition) is 3. The lowest BCUT2D eigenvalue weighted by Crippen LogP contribution is -2.23. The number of aromatic nitrogens is 1. The van der Waals surface area contributed by atoms with Crippen molar-refractivity contribution in [3.8, 4) is 5.75 Å². The first-order valence-electron chi connectivity index (χ1n) is 4.41. The molecule has 2 unspecified atom stereocenters. The van der Waals surface area contributed by atoms with E-state index in [4.69, 9.17) is 10.5 Å². The molecule has 0 aliphatic rings. The van der Waals surface area contributed by atoms with Crippen molar-refractivity contribution < 1.29 is 4.74 Å². The van der Waals surface area contributed by atoms with Gasteiger partial charge in [0.15, 0.2) is 0 Å². The molecular weight excluding hydrogens is 164 g/mol. The molecule has 72 valence electrons. The van der Waals surface area contributed by atoms with Crippen LogP contribution in [-0.2, 0) is 0 Å². The molecule has 2 atom stereocenters. The second kappa shape index (κ2) is 4.23. The summed E-state index contributed by atoms with van der Waals surface area (Å²) in [7, 11) is 1.65. The number of nitrogens with zero attached hydrogens (tertiary/aromatic N) is 1. The highest BCUT2D eigenvalue weighted by atomic mass is 16.5. The number of pyridine rings is 1. The van der Waals surface area contributed by atoms with Crippen molar-refractivity contribution in [1.29, 1.82) is 0 Å². The summed E-state index contributed by atoms with van der Waals surface area (Å²) in [4.78, 5) is 4.27. The molecule has 0 aromatic carbocycles. The van der Waals surface area contributed by atoms with Crippen molar-refractivity contribution in [3.05, 3.63) is 24.0 Å². The van der Waals surface area contributed by atoms with Crippen LogP contribution in [0.5, 0.6) is 5.75 Å². The molecule has 0 spiro atoms. The predicted molar refractivity (Wildman–Crippen MR) is 52.9 cm³/mol. The van der Waals surface area contributed by atoms with Gasteiger partial charge in [0.2, 0.25) is 0 Å². The molecule has 0 amide bonds. The van der Waals surface area contributed by atoms with Crippen LogP contribution in [0.1, 0.15) is 25.5 Å². The van der Waals surface area contributed by atoms with Gasteiger partial charge < -0.3 is 10.5 Å². The third kappa shape index (κ3) is 2.18. The monoisotopic (exact) mass is 180 g/mol. The minimum absolute atomic E-state index is 0.0869. The molecular formula is C10H16N2O. The first kappa shape index (κ1) is 9.99. The van der Waals surface area contributed by atoms with Crippen molar-refractivity contribution in [3.63, 3.8) is 0 Å². The van der Waals surface area contributed by atoms with E-state index in [0.29, 0.717) is 0 Å². The van der Waals surface area contributed by atoms with Crippen LogP contribution >= 0.6 is 0 Å². The second-order valence-electron chi connectivity index (χ2n) is 3.24. The standard InChI is InChI=1S/C10H16N2O/c1-7(8(2)11)10-9(13-3)5-4-6-12-10/h4-8H,11H2,1-3H3. The van der Waals surface area contributed by atoms with Gasteiger partial charge in [0, 0.05) is 18.2 Å². The fourth-order valence-corrected chi connectivity index (χ4v) is 1.17. The molecule has 0 saturated carbocycles. The molecule has 0 aliphatic heterocycles. The minimum atomic E-state index is 0.0869. The first-order chi connectivity index (χ1) is 6.16. The topological polar surface area (TPSA) is 48.1 Å². The molecule has 1 rings (SSSR count). The van der Waals surface area contributed by atoms with Crippen LogP contribution in [0.15, 0.2) is 18.3 Å². The van der Waals surface area contributed by atoms with Crippen LogP contribution in [0.25, 0.3) is 0 Å². The summed E-state index contributed by atoms with van der Waals surface area (Å²) in [5.41, 5.74) is 6.73. The molecule has 1 heterocycles. The van der Waals surface area contributed by atoms with Gasteiger partial charge in [-0.1, -0.05) is 6.92 Å². The van der Waals surface area contributed by atoms with Gasteiger partial charge in [0.1, 0.15) is 5.75 Å². The van der Waals surface area contributed by atoms with E-state index >= 15 is 0 Å². The highest BCUT2D eigenvalue weighted by Gasteiger charge is 2.15. The van der Waals surface area contributed by atoms with Crippen LogP contribution in [0.2, 0.25) is 0 Å². The summed E-state index contributed by atoms with van der Waals surface area (Å²) in [6.07, 6.45) is 1.76. The first-order valence-corrected chi connectivity index (χ1v) is 4.41. The Balaban J connectivity index is 2.98. The highest BCUT2D eigenvalue weighted by Crippen LogP contribution is 2.24. The van der Waals surface area contributed by atoms with Crippen LogP contribution in [0.3, 0.4) is 0 Å². The fraction of sp³-hybridized carbons (Fsp3) is 0.500. The maximum Gasteiger partial charge on any atom is 0.140 e.